The quantitative estimate of drug-likeness (QED) is 0.122. The number of para-hydroxylation sites is 1. The molecule has 0 saturated carbocycles. The number of hydrogen-bond donors (Lipinski definition) is 2. The second kappa shape index (κ2) is 11.1. The van der Waals surface area contributed by atoms with E-state index in [1.54, 1.807) is 29.2 Å². The molecule has 210 valence electrons. The maximum absolute atomic E-state index is 13.8. The van der Waals surface area contributed by atoms with Gasteiger partial charge >= 0.3 is 0 Å². The minimum absolute atomic E-state index is 0.0186. The lowest BCUT2D eigenvalue weighted by atomic mass is 10.1. The van der Waals surface area contributed by atoms with Crippen molar-refractivity contribution in [2.75, 3.05) is 6.54 Å². The summed E-state index contributed by atoms with van der Waals surface area (Å²) in [5.41, 5.74) is 6.44. The van der Waals surface area contributed by atoms with Crippen molar-refractivity contribution in [1.29, 1.82) is 0 Å². The van der Waals surface area contributed by atoms with Crippen LogP contribution in [0.15, 0.2) is 95.0 Å². The van der Waals surface area contributed by atoms with E-state index >= 15 is 0 Å². The van der Waals surface area contributed by atoms with Crippen molar-refractivity contribution in [3.63, 3.8) is 0 Å². The van der Waals surface area contributed by atoms with Gasteiger partial charge in [0.1, 0.15) is 5.75 Å². The number of aryl methyl sites for hydroxylation is 1. The molecule has 1 saturated heterocycles. The number of nitrogens with zero attached hydrogens (tertiary/aromatic N) is 4. The SMILES string of the molecule is Cc1cc(/C=C2\SC(=Nc3ccc([N+](=O)[O-])cc3)N(CCc3c[nH]c4ccccc34)C2=O)c(C)n1-c1ccc(O)cc1. The molecule has 0 spiro atoms. The molecule has 0 aliphatic carbocycles. The van der Waals surface area contributed by atoms with Crippen molar-refractivity contribution in [3.05, 3.63) is 123 Å². The normalized spacial score (nSPS) is 15.4. The number of phenolic OH excluding ortho intramolecular Hbond substituents is 1. The fraction of sp³-hybridized carbons (Fsp3) is 0.125. The highest BCUT2D eigenvalue weighted by Crippen LogP contribution is 2.36. The minimum Gasteiger partial charge on any atom is -0.508 e. The highest BCUT2D eigenvalue weighted by molar-refractivity contribution is 8.18. The average molecular weight is 578 g/mol. The summed E-state index contributed by atoms with van der Waals surface area (Å²) in [6, 6.07) is 23.1. The predicted octanol–water partition coefficient (Wildman–Crippen LogP) is 7.04. The minimum atomic E-state index is -0.451. The van der Waals surface area contributed by atoms with Gasteiger partial charge in [0.05, 0.1) is 15.5 Å². The van der Waals surface area contributed by atoms with E-state index in [4.69, 9.17) is 4.99 Å². The van der Waals surface area contributed by atoms with Gasteiger partial charge in [-0.2, -0.15) is 0 Å². The lowest BCUT2D eigenvalue weighted by Gasteiger charge is -2.15. The number of carbonyl (C=O) groups excluding carboxylic acids is 1. The van der Waals surface area contributed by atoms with Gasteiger partial charge in [-0.05, 0) is 97.8 Å². The Bertz CT molecular complexity index is 1880. The smallest absolute Gasteiger partial charge is 0.269 e. The van der Waals surface area contributed by atoms with E-state index in [1.807, 2.05) is 62.5 Å². The van der Waals surface area contributed by atoms with Gasteiger partial charge in [0.15, 0.2) is 5.17 Å². The molecule has 9 nitrogen and oxygen atoms in total. The number of aromatic amines is 1. The Balaban J connectivity index is 1.34. The van der Waals surface area contributed by atoms with Crippen molar-refractivity contribution < 1.29 is 14.8 Å². The van der Waals surface area contributed by atoms with Gasteiger partial charge in [-0.1, -0.05) is 18.2 Å². The Morgan fingerprint density at radius 3 is 2.52 bits per heavy atom. The Labute approximate surface area is 246 Å². The summed E-state index contributed by atoms with van der Waals surface area (Å²) >= 11 is 1.29. The van der Waals surface area contributed by atoms with Crippen molar-refractivity contribution >= 4 is 51.2 Å². The van der Waals surface area contributed by atoms with E-state index < -0.39 is 4.92 Å². The molecule has 10 heteroatoms. The van der Waals surface area contributed by atoms with Crippen LogP contribution in [0, 0.1) is 24.0 Å². The molecule has 1 aliphatic heterocycles. The first-order valence-corrected chi connectivity index (χ1v) is 14.2. The van der Waals surface area contributed by atoms with Crippen LogP contribution < -0.4 is 0 Å². The number of H-pyrrole nitrogens is 1. The number of rotatable bonds is 7. The number of phenols is 1. The van der Waals surface area contributed by atoms with Gasteiger partial charge in [0.2, 0.25) is 0 Å². The maximum atomic E-state index is 13.8. The topological polar surface area (TPSA) is 117 Å². The van der Waals surface area contributed by atoms with E-state index in [-0.39, 0.29) is 17.3 Å². The van der Waals surface area contributed by atoms with Gasteiger partial charge in [-0.25, -0.2) is 4.99 Å². The number of nitro groups is 1. The van der Waals surface area contributed by atoms with Crippen LogP contribution in [0.4, 0.5) is 11.4 Å². The summed E-state index contributed by atoms with van der Waals surface area (Å²) in [5, 5.41) is 22.5. The van der Waals surface area contributed by atoms with E-state index in [1.165, 1.54) is 23.9 Å². The number of aliphatic imine (C=N–C) groups is 1. The molecule has 1 fully saturated rings. The van der Waals surface area contributed by atoms with Crippen LogP contribution in [-0.4, -0.2) is 42.1 Å². The zero-order valence-electron chi connectivity index (χ0n) is 22.9. The Kier molecular flexibility index (Phi) is 7.13. The van der Waals surface area contributed by atoms with Crippen LogP contribution in [-0.2, 0) is 11.2 Å². The molecule has 3 heterocycles. The monoisotopic (exact) mass is 577 g/mol. The summed E-state index contributed by atoms with van der Waals surface area (Å²) in [5.74, 6) is 0.0546. The molecule has 5 aromatic rings. The summed E-state index contributed by atoms with van der Waals surface area (Å²) in [7, 11) is 0. The highest BCUT2D eigenvalue weighted by atomic mass is 32.2. The first kappa shape index (κ1) is 27.1. The van der Waals surface area contributed by atoms with Crippen molar-refractivity contribution in [3.8, 4) is 11.4 Å². The van der Waals surface area contributed by atoms with Gasteiger partial charge in [-0.3, -0.25) is 19.8 Å². The van der Waals surface area contributed by atoms with Gasteiger partial charge in [0, 0.05) is 52.9 Å². The number of amidine groups is 1. The third-order valence-corrected chi connectivity index (χ3v) is 8.32. The number of hydrogen-bond acceptors (Lipinski definition) is 6. The van der Waals surface area contributed by atoms with Gasteiger partial charge in [0.25, 0.3) is 11.6 Å². The first-order valence-electron chi connectivity index (χ1n) is 13.4. The molecule has 0 bridgehead atoms. The van der Waals surface area contributed by atoms with Crippen LogP contribution >= 0.6 is 11.8 Å². The van der Waals surface area contributed by atoms with Crippen LogP contribution in [0.2, 0.25) is 0 Å². The Morgan fingerprint density at radius 1 is 1.05 bits per heavy atom. The molecule has 3 aromatic carbocycles. The number of fused-ring (bicyclic) bond motifs is 1. The van der Waals surface area contributed by atoms with Gasteiger partial charge < -0.3 is 14.7 Å². The molecule has 2 N–H and O–H groups in total. The number of nitrogens with one attached hydrogen (secondary N) is 1. The molecule has 42 heavy (non-hydrogen) atoms. The van der Waals surface area contributed by atoms with Crippen LogP contribution in [0.3, 0.4) is 0 Å². The number of aromatic hydroxyl groups is 1. The number of amides is 1. The molecule has 1 aliphatic rings. The van der Waals surface area contributed by atoms with Crippen LogP contribution in [0.1, 0.15) is 22.5 Å². The predicted molar refractivity (Wildman–Crippen MR) is 166 cm³/mol. The fourth-order valence-corrected chi connectivity index (χ4v) is 6.21. The molecular weight excluding hydrogens is 550 g/mol. The first-order chi connectivity index (χ1) is 20.3. The lowest BCUT2D eigenvalue weighted by molar-refractivity contribution is -0.384. The van der Waals surface area contributed by atoms with Gasteiger partial charge in [-0.15, -0.1) is 0 Å². The number of non-ortho nitro benzene ring substituents is 1. The second-order valence-corrected chi connectivity index (χ2v) is 11.0. The van der Waals surface area contributed by atoms with E-state index in [9.17, 15) is 20.0 Å². The number of nitro benzene ring substituents is 1. The standard InChI is InChI=1S/C32H27N5O4S/c1-20-17-23(21(2)36(20)25-11-13-27(38)14-12-25)18-30-31(39)35(16-15-22-19-33-29-6-4-3-5-28(22)29)32(42-30)34-24-7-9-26(10-8-24)37(40)41/h3-14,17-19,33,38H,15-16H2,1-2H3/b30-18-,34-32?. The lowest BCUT2D eigenvalue weighted by Crippen LogP contribution is -2.31. The summed E-state index contributed by atoms with van der Waals surface area (Å²) in [4.78, 5) is 34.7. The Morgan fingerprint density at radius 2 is 1.79 bits per heavy atom. The number of aromatic nitrogens is 2. The Hall–Kier alpha value is -5.09. The van der Waals surface area contributed by atoms with E-state index in [0.29, 0.717) is 28.7 Å². The highest BCUT2D eigenvalue weighted by Gasteiger charge is 2.33. The fourth-order valence-electron chi connectivity index (χ4n) is 5.19. The largest absolute Gasteiger partial charge is 0.508 e. The summed E-state index contributed by atoms with van der Waals surface area (Å²) < 4.78 is 2.08. The van der Waals surface area contributed by atoms with Crippen molar-refractivity contribution in [1.82, 2.24) is 14.5 Å². The molecule has 2 aromatic heterocycles. The van der Waals surface area contributed by atoms with E-state index in [0.717, 1.165) is 39.1 Å². The average Bonchev–Trinajstić information content (AvgIpc) is 3.61. The molecule has 1 amide bonds. The summed E-state index contributed by atoms with van der Waals surface area (Å²) in [6.07, 6.45) is 4.49. The van der Waals surface area contributed by atoms with Crippen molar-refractivity contribution in [2.24, 2.45) is 4.99 Å². The van der Waals surface area contributed by atoms with Crippen LogP contribution in [0.25, 0.3) is 22.7 Å². The molecule has 0 radical (unpaired) electrons. The third-order valence-electron chi connectivity index (χ3n) is 7.32. The van der Waals surface area contributed by atoms with Crippen molar-refractivity contribution in [2.45, 2.75) is 20.3 Å². The number of carbonyl (C=O) groups is 1. The second-order valence-electron chi connectivity index (χ2n) is 10.0. The maximum Gasteiger partial charge on any atom is 0.269 e. The van der Waals surface area contributed by atoms with Crippen LogP contribution in [0.5, 0.6) is 5.75 Å². The number of benzene rings is 3. The van der Waals surface area contributed by atoms with E-state index in [2.05, 4.69) is 15.6 Å². The molecular formula is C32H27N5O4S. The zero-order valence-corrected chi connectivity index (χ0v) is 23.8. The molecule has 0 atom stereocenters. The molecule has 0 unspecified atom stereocenters. The summed E-state index contributed by atoms with van der Waals surface area (Å²) in [6.45, 7) is 4.42. The molecule has 6 rings (SSSR count). The zero-order chi connectivity index (χ0) is 29.4. The number of thioether (sulfide) groups is 1. The third kappa shape index (κ3) is 5.19.